The highest BCUT2D eigenvalue weighted by molar-refractivity contribution is 6.39. The lowest BCUT2D eigenvalue weighted by atomic mass is 10.2. The molecule has 37 heavy (non-hydrogen) atoms. The van der Waals surface area contributed by atoms with E-state index in [1.54, 1.807) is 72.8 Å². The molecule has 0 heterocycles. The maximum atomic E-state index is 12.1. The van der Waals surface area contributed by atoms with Crippen molar-refractivity contribution >= 4 is 46.9 Å². The predicted molar refractivity (Wildman–Crippen MR) is 143 cm³/mol. The van der Waals surface area contributed by atoms with Gasteiger partial charge in [0.05, 0.1) is 12.8 Å². The van der Waals surface area contributed by atoms with Crippen LogP contribution in [-0.4, -0.2) is 37.1 Å². The first kappa shape index (κ1) is 27.2. The van der Waals surface area contributed by atoms with Gasteiger partial charge in [-0.05, 0) is 72.6 Å². The van der Waals surface area contributed by atoms with Crippen LogP contribution in [0.25, 0.3) is 0 Å². The first-order valence-electron chi connectivity index (χ1n) is 11.6. The zero-order valence-corrected chi connectivity index (χ0v) is 21.0. The van der Waals surface area contributed by atoms with Crippen molar-refractivity contribution in [3.8, 4) is 11.5 Å². The second kappa shape index (κ2) is 14.3. The highest BCUT2D eigenvalue weighted by Crippen LogP contribution is 2.16. The van der Waals surface area contributed by atoms with Crippen LogP contribution in [0.5, 0.6) is 11.5 Å². The Bertz CT molecular complexity index is 1230. The summed E-state index contributed by atoms with van der Waals surface area (Å²) in [5.74, 6) is -1.000. The minimum Gasteiger partial charge on any atom is -0.494 e. The summed E-state index contributed by atoms with van der Waals surface area (Å²) in [6.45, 7) is 2.50. The largest absolute Gasteiger partial charge is 0.494 e. The number of halogens is 1. The Balaban J connectivity index is 1.43. The number of hydrogen-bond acceptors (Lipinski definition) is 6. The van der Waals surface area contributed by atoms with Crippen LogP contribution < -0.4 is 25.5 Å². The smallest absolute Gasteiger partial charge is 0.329 e. The van der Waals surface area contributed by atoms with E-state index in [1.165, 1.54) is 6.21 Å². The molecule has 3 aromatic rings. The lowest BCUT2D eigenvalue weighted by Crippen LogP contribution is -2.32. The van der Waals surface area contributed by atoms with Gasteiger partial charge >= 0.3 is 11.8 Å². The van der Waals surface area contributed by atoms with E-state index in [4.69, 9.17) is 21.1 Å². The fourth-order valence-electron chi connectivity index (χ4n) is 2.94. The number of unbranched alkanes of at least 4 members (excludes halogenated alkanes) is 1. The van der Waals surface area contributed by atoms with Gasteiger partial charge < -0.3 is 20.1 Å². The molecule has 0 aromatic heterocycles. The van der Waals surface area contributed by atoms with E-state index in [0.29, 0.717) is 40.1 Å². The van der Waals surface area contributed by atoms with E-state index in [0.717, 1.165) is 12.8 Å². The molecule has 0 aliphatic heterocycles. The van der Waals surface area contributed by atoms with Gasteiger partial charge in [0.1, 0.15) is 11.5 Å². The van der Waals surface area contributed by atoms with Crippen molar-refractivity contribution < 1.29 is 23.9 Å². The molecular weight excluding hydrogens is 496 g/mol. The molecule has 0 bridgehead atoms. The summed E-state index contributed by atoms with van der Waals surface area (Å²) >= 11 is 5.83. The SMILES string of the molecule is CCCCOc1ccc(NC(=O)C(=O)N/N=C\c2cccc(OCC(=O)Nc3ccc(Cl)cc3)c2)cc1. The molecule has 0 spiro atoms. The second-order valence-corrected chi connectivity index (χ2v) is 8.23. The van der Waals surface area contributed by atoms with Gasteiger partial charge in [0, 0.05) is 16.4 Å². The van der Waals surface area contributed by atoms with E-state index in [2.05, 4.69) is 28.1 Å². The Kier molecular flexibility index (Phi) is 10.5. The molecule has 0 radical (unpaired) electrons. The van der Waals surface area contributed by atoms with Gasteiger partial charge in [0.15, 0.2) is 6.61 Å². The Morgan fingerprint density at radius 2 is 1.57 bits per heavy atom. The van der Waals surface area contributed by atoms with Crippen molar-refractivity contribution in [1.29, 1.82) is 0 Å². The van der Waals surface area contributed by atoms with Crippen LogP contribution in [0.2, 0.25) is 5.02 Å². The fourth-order valence-corrected chi connectivity index (χ4v) is 3.06. The summed E-state index contributed by atoms with van der Waals surface area (Å²) in [6, 6.07) is 20.2. The summed E-state index contributed by atoms with van der Waals surface area (Å²) < 4.78 is 11.1. The molecule has 0 fully saturated rings. The van der Waals surface area contributed by atoms with Crippen LogP contribution in [0, 0.1) is 0 Å². The van der Waals surface area contributed by atoms with Gasteiger partial charge in [-0.3, -0.25) is 14.4 Å². The summed E-state index contributed by atoms with van der Waals surface area (Å²) in [6.07, 6.45) is 3.35. The van der Waals surface area contributed by atoms with E-state index in [1.807, 2.05) is 0 Å². The Morgan fingerprint density at radius 3 is 2.30 bits per heavy atom. The molecule has 0 atom stereocenters. The van der Waals surface area contributed by atoms with Gasteiger partial charge in [0.2, 0.25) is 0 Å². The minimum atomic E-state index is -0.925. The Hall–Kier alpha value is -4.37. The van der Waals surface area contributed by atoms with Crippen molar-refractivity contribution in [2.45, 2.75) is 19.8 Å². The first-order valence-corrected chi connectivity index (χ1v) is 12.0. The van der Waals surface area contributed by atoms with Crippen molar-refractivity contribution in [3.63, 3.8) is 0 Å². The minimum absolute atomic E-state index is 0.202. The molecule has 0 aliphatic carbocycles. The average molecular weight is 523 g/mol. The molecule has 3 aromatic carbocycles. The maximum absolute atomic E-state index is 12.1. The van der Waals surface area contributed by atoms with Crippen LogP contribution in [0.1, 0.15) is 25.3 Å². The van der Waals surface area contributed by atoms with E-state index in [9.17, 15) is 14.4 Å². The van der Waals surface area contributed by atoms with Crippen LogP contribution in [0.15, 0.2) is 77.9 Å². The molecule has 10 heteroatoms. The summed E-state index contributed by atoms with van der Waals surface area (Å²) in [7, 11) is 0. The number of amides is 3. The van der Waals surface area contributed by atoms with E-state index < -0.39 is 11.8 Å². The third-order valence-electron chi connectivity index (χ3n) is 4.82. The Morgan fingerprint density at radius 1 is 0.865 bits per heavy atom. The molecule has 192 valence electrons. The summed E-state index contributed by atoms with van der Waals surface area (Å²) in [4.78, 5) is 36.2. The van der Waals surface area contributed by atoms with Crippen molar-refractivity contribution in [1.82, 2.24) is 5.43 Å². The standard InChI is InChI=1S/C27H27ClN4O5/c1-2-3-15-36-23-13-11-22(12-14-23)31-26(34)27(35)32-29-17-19-5-4-6-24(16-19)37-18-25(33)30-21-9-7-20(28)8-10-21/h4-14,16-17H,2-3,15,18H2,1H3,(H,30,33)(H,31,34)(H,32,35)/b29-17-. The van der Waals surface area contributed by atoms with Crippen molar-refractivity contribution in [2.24, 2.45) is 5.10 Å². The molecule has 0 aliphatic rings. The normalized spacial score (nSPS) is 10.5. The average Bonchev–Trinajstić information content (AvgIpc) is 2.90. The van der Waals surface area contributed by atoms with E-state index >= 15 is 0 Å². The molecule has 0 unspecified atom stereocenters. The van der Waals surface area contributed by atoms with Gasteiger partial charge in [-0.25, -0.2) is 5.43 Å². The van der Waals surface area contributed by atoms with Crippen molar-refractivity contribution in [2.75, 3.05) is 23.8 Å². The van der Waals surface area contributed by atoms with Gasteiger partial charge in [-0.2, -0.15) is 5.10 Å². The van der Waals surface area contributed by atoms with Crippen LogP contribution in [-0.2, 0) is 14.4 Å². The quantitative estimate of drug-likeness (QED) is 0.147. The van der Waals surface area contributed by atoms with Gasteiger partial charge in [-0.1, -0.05) is 37.1 Å². The third-order valence-corrected chi connectivity index (χ3v) is 5.07. The van der Waals surface area contributed by atoms with Crippen LogP contribution in [0.4, 0.5) is 11.4 Å². The zero-order chi connectivity index (χ0) is 26.5. The molecule has 3 N–H and O–H groups in total. The van der Waals surface area contributed by atoms with Crippen LogP contribution in [0.3, 0.4) is 0 Å². The summed E-state index contributed by atoms with van der Waals surface area (Å²) in [5, 5.41) is 9.58. The highest BCUT2D eigenvalue weighted by atomic mass is 35.5. The highest BCUT2D eigenvalue weighted by Gasteiger charge is 2.13. The number of nitrogens with zero attached hydrogens (tertiary/aromatic N) is 1. The maximum Gasteiger partial charge on any atom is 0.329 e. The lowest BCUT2D eigenvalue weighted by molar-refractivity contribution is -0.136. The van der Waals surface area contributed by atoms with Crippen molar-refractivity contribution in [3.05, 3.63) is 83.4 Å². The van der Waals surface area contributed by atoms with Gasteiger partial charge in [0.25, 0.3) is 5.91 Å². The number of nitrogens with one attached hydrogen (secondary N) is 3. The molecule has 9 nitrogen and oxygen atoms in total. The fraction of sp³-hybridized carbons (Fsp3) is 0.185. The number of hydrogen-bond donors (Lipinski definition) is 3. The second-order valence-electron chi connectivity index (χ2n) is 7.80. The number of anilines is 2. The zero-order valence-electron chi connectivity index (χ0n) is 20.2. The number of rotatable bonds is 11. The third kappa shape index (κ3) is 9.65. The summed E-state index contributed by atoms with van der Waals surface area (Å²) in [5.41, 5.74) is 3.83. The molecule has 3 amide bonds. The number of benzene rings is 3. The van der Waals surface area contributed by atoms with Gasteiger partial charge in [-0.15, -0.1) is 0 Å². The molecule has 0 saturated heterocycles. The number of hydrazone groups is 1. The first-order chi connectivity index (χ1) is 17.9. The predicted octanol–water partition coefficient (Wildman–Crippen LogP) is 4.63. The lowest BCUT2D eigenvalue weighted by Gasteiger charge is -2.08. The molecule has 3 rings (SSSR count). The Labute approximate surface area is 219 Å². The monoisotopic (exact) mass is 522 g/mol. The topological polar surface area (TPSA) is 118 Å². The number of ether oxygens (including phenoxy) is 2. The van der Waals surface area contributed by atoms with E-state index in [-0.39, 0.29) is 12.5 Å². The van der Waals surface area contributed by atoms with Crippen LogP contribution >= 0.6 is 11.6 Å². The molecule has 0 saturated carbocycles. The molecular formula is C27H27ClN4O5. The number of carbonyl (C=O) groups is 3. The number of carbonyl (C=O) groups excluding carboxylic acids is 3.